The van der Waals surface area contributed by atoms with E-state index < -0.39 is 5.60 Å². The molecule has 1 aromatic heterocycles. The third-order valence-electron chi connectivity index (χ3n) is 5.03. The van der Waals surface area contributed by atoms with Crippen molar-refractivity contribution >= 4 is 12.0 Å². The van der Waals surface area contributed by atoms with Crippen molar-refractivity contribution in [1.29, 1.82) is 0 Å². The highest BCUT2D eigenvalue weighted by Crippen LogP contribution is 2.31. The summed E-state index contributed by atoms with van der Waals surface area (Å²) in [5.74, 6) is 0.0956. The van der Waals surface area contributed by atoms with E-state index in [1.54, 1.807) is 29.4 Å². The molecule has 2 aromatic rings. The fraction of sp³-hybridized carbons (Fsp3) is 0.435. The van der Waals surface area contributed by atoms with Gasteiger partial charge in [0.1, 0.15) is 5.60 Å². The number of hydrogen-bond donors (Lipinski definition) is 1. The van der Waals surface area contributed by atoms with Crippen LogP contribution in [0.2, 0.25) is 0 Å². The summed E-state index contributed by atoms with van der Waals surface area (Å²) < 4.78 is 5.49. The maximum absolute atomic E-state index is 12.8. The number of pyridine rings is 1. The van der Waals surface area contributed by atoms with E-state index in [-0.39, 0.29) is 24.0 Å². The summed E-state index contributed by atoms with van der Waals surface area (Å²) in [4.78, 5) is 30.9. The normalized spacial score (nSPS) is 16.2. The number of likely N-dealkylation sites (tertiary alicyclic amines) is 1. The summed E-state index contributed by atoms with van der Waals surface area (Å²) in [5, 5.41) is 3.19. The molecule has 1 fully saturated rings. The van der Waals surface area contributed by atoms with E-state index in [1.807, 2.05) is 51.1 Å². The molecular formula is C23H29N3O3. The second-order valence-corrected chi connectivity index (χ2v) is 8.41. The first-order valence-corrected chi connectivity index (χ1v) is 10.1. The zero-order valence-corrected chi connectivity index (χ0v) is 17.3. The Balaban J connectivity index is 1.70. The summed E-state index contributed by atoms with van der Waals surface area (Å²) in [7, 11) is 0. The van der Waals surface area contributed by atoms with Crippen LogP contribution in [0, 0.1) is 5.92 Å². The van der Waals surface area contributed by atoms with Crippen molar-refractivity contribution in [3.05, 3.63) is 66.0 Å². The topological polar surface area (TPSA) is 71.5 Å². The van der Waals surface area contributed by atoms with Gasteiger partial charge < -0.3 is 15.0 Å². The van der Waals surface area contributed by atoms with Crippen LogP contribution < -0.4 is 5.32 Å². The van der Waals surface area contributed by atoms with Gasteiger partial charge in [0.05, 0.1) is 11.6 Å². The monoisotopic (exact) mass is 395 g/mol. The molecule has 1 saturated heterocycles. The molecule has 0 saturated carbocycles. The standard InChI is InChI=1S/C23H29N3O3/c1-23(2,3)29-22(28)26-14-11-18(12-15-26)20(17-8-5-4-6-9-17)25-21(27)19-10-7-13-24-16-19/h4-10,13,16,18,20H,11-12,14-15H2,1-3H3,(H,25,27). The number of nitrogens with one attached hydrogen (secondary N) is 1. The Morgan fingerprint density at radius 3 is 2.38 bits per heavy atom. The lowest BCUT2D eigenvalue weighted by Crippen LogP contribution is -2.44. The average molecular weight is 396 g/mol. The maximum Gasteiger partial charge on any atom is 0.410 e. The Kier molecular flexibility index (Phi) is 6.52. The predicted molar refractivity (Wildman–Crippen MR) is 111 cm³/mol. The van der Waals surface area contributed by atoms with Gasteiger partial charge in [0.15, 0.2) is 0 Å². The maximum atomic E-state index is 12.8. The first-order valence-electron chi connectivity index (χ1n) is 10.1. The van der Waals surface area contributed by atoms with Crippen LogP contribution in [0.25, 0.3) is 0 Å². The van der Waals surface area contributed by atoms with Crippen LogP contribution in [0.1, 0.15) is 55.6 Å². The molecule has 0 bridgehead atoms. The molecule has 1 aliphatic rings. The Hall–Kier alpha value is -2.89. The smallest absolute Gasteiger partial charge is 0.410 e. The van der Waals surface area contributed by atoms with Gasteiger partial charge in [-0.25, -0.2) is 4.79 Å². The van der Waals surface area contributed by atoms with Crippen molar-refractivity contribution < 1.29 is 14.3 Å². The van der Waals surface area contributed by atoms with Crippen molar-refractivity contribution in [1.82, 2.24) is 15.2 Å². The number of hydrogen-bond acceptors (Lipinski definition) is 4. The van der Waals surface area contributed by atoms with Gasteiger partial charge in [0.25, 0.3) is 5.91 Å². The van der Waals surface area contributed by atoms with Gasteiger partial charge in [0, 0.05) is 25.5 Å². The third kappa shape index (κ3) is 5.79. The number of carbonyl (C=O) groups excluding carboxylic acids is 2. The number of aromatic nitrogens is 1. The number of piperidine rings is 1. The minimum atomic E-state index is -0.502. The van der Waals surface area contributed by atoms with E-state index in [2.05, 4.69) is 10.3 Å². The lowest BCUT2D eigenvalue weighted by molar-refractivity contribution is 0.0167. The fourth-order valence-corrected chi connectivity index (χ4v) is 3.60. The molecule has 2 amide bonds. The number of benzene rings is 1. The predicted octanol–water partition coefficient (Wildman–Crippen LogP) is 4.20. The molecule has 0 radical (unpaired) electrons. The number of ether oxygens (including phenoxy) is 1. The van der Waals surface area contributed by atoms with Gasteiger partial charge >= 0.3 is 6.09 Å². The van der Waals surface area contributed by atoms with Gasteiger partial charge in [-0.1, -0.05) is 30.3 Å². The Morgan fingerprint density at radius 1 is 1.10 bits per heavy atom. The van der Waals surface area contributed by atoms with Gasteiger partial charge in [-0.05, 0) is 57.2 Å². The lowest BCUT2D eigenvalue weighted by Gasteiger charge is -2.37. The molecule has 3 rings (SSSR count). The van der Waals surface area contributed by atoms with Crippen LogP contribution in [0.15, 0.2) is 54.9 Å². The first kappa shape index (κ1) is 20.8. The third-order valence-corrected chi connectivity index (χ3v) is 5.03. The quantitative estimate of drug-likeness (QED) is 0.842. The van der Waals surface area contributed by atoms with Crippen molar-refractivity contribution in [2.75, 3.05) is 13.1 Å². The van der Waals surface area contributed by atoms with Gasteiger partial charge in [-0.2, -0.15) is 0 Å². The lowest BCUT2D eigenvalue weighted by atomic mass is 9.85. The highest BCUT2D eigenvalue weighted by Gasteiger charge is 2.32. The van der Waals surface area contributed by atoms with Crippen LogP contribution >= 0.6 is 0 Å². The van der Waals surface area contributed by atoms with Crippen LogP contribution in [0.3, 0.4) is 0 Å². The van der Waals surface area contributed by atoms with Crippen molar-refractivity contribution in [2.24, 2.45) is 5.92 Å². The Labute approximate surface area is 172 Å². The van der Waals surface area contributed by atoms with Crippen molar-refractivity contribution in [3.63, 3.8) is 0 Å². The summed E-state index contributed by atoms with van der Waals surface area (Å²) >= 11 is 0. The molecular weight excluding hydrogens is 366 g/mol. The second kappa shape index (κ2) is 9.07. The van der Waals surface area contributed by atoms with E-state index in [4.69, 9.17) is 4.74 Å². The molecule has 1 unspecified atom stereocenters. The number of nitrogens with zero attached hydrogens (tertiary/aromatic N) is 2. The van der Waals surface area contributed by atoms with Crippen LogP contribution in [0.5, 0.6) is 0 Å². The number of amides is 2. The van der Waals surface area contributed by atoms with E-state index in [1.165, 1.54) is 0 Å². The molecule has 1 aliphatic heterocycles. The number of carbonyl (C=O) groups is 2. The summed E-state index contributed by atoms with van der Waals surface area (Å²) in [6, 6.07) is 13.4. The average Bonchev–Trinajstić information content (AvgIpc) is 2.72. The van der Waals surface area contributed by atoms with E-state index in [0.717, 1.165) is 18.4 Å². The van der Waals surface area contributed by atoms with Gasteiger partial charge in [-0.3, -0.25) is 9.78 Å². The second-order valence-electron chi connectivity index (χ2n) is 8.41. The molecule has 29 heavy (non-hydrogen) atoms. The van der Waals surface area contributed by atoms with Crippen LogP contribution in [-0.4, -0.2) is 40.6 Å². The van der Waals surface area contributed by atoms with Crippen LogP contribution in [0.4, 0.5) is 4.79 Å². The largest absolute Gasteiger partial charge is 0.444 e. The highest BCUT2D eigenvalue weighted by molar-refractivity contribution is 5.94. The van der Waals surface area contributed by atoms with E-state index in [0.29, 0.717) is 18.7 Å². The minimum Gasteiger partial charge on any atom is -0.444 e. The Morgan fingerprint density at radius 2 is 1.79 bits per heavy atom. The van der Waals surface area contributed by atoms with E-state index in [9.17, 15) is 9.59 Å². The minimum absolute atomic E-state index is 0.121. The molecule has 154 valence electrons. The van der Waals surface area contributed by atoms with Crippen molar-refractivity contribution in [2.45, 2.75) is 45.3 Å². The zero-order valence-electron chi connectivity index (χ0n) is 17.3. The number of rotatable bonds is 4. The molecule has 1 aromatic carbocycles. The fourth-order valence-electron chi connectivity index (χ4n) is 3.60. The van der Waals surface area contributed by atoms with Gasteiger partial charge in [0.2, 0.25) is 0 Å². The molecule has 6 heteroatoms. The molecule has 0 spiro atoms. The van der Waals surface area contributed by atoms with Crippen LogP contribution in [-0.2, 0) is 4.74 Å². The molecule has 6 nitrogen and oxygen atoms in total. The summed E-state index contributed by atoms with van der Waals surface area (Å²) in [6.45, 7) is 6.85. The molecule has 1 N–H and O–H groups in total. The highest BCUT2D eigenvalue weighted by atomic mass is 16.6. The first-order chi connectivity index (χ1) is 13.8. The van der Waals surface area contributed by atoms with E-state index >= 15 is 0 Å². The van der Waals surface area contributed by atoms with Gasteiger partial charge in [-0.15, -0.1) is 0 Å². The zero-order chi connectivity index (χ0) is 20.9. The van der Waals surface area contributed by atoms with Crippen molar-refractivity contribution in [3.8, 4) is 0 Å². The SMILES string of the molecule is CC(C)(C)OC(=O)N1CCC(C(NC(=O)c2cccnc2)c2ccccc2)CC1. The summed E-state index contributed by atoms with van der Waals surface area (Å²) in [5.41, 5.74) is 1.11. The molecule has 1 atom stereocenters. The summed E-state index contributed by atoms with van der Waals surface area (Å²) in [6.07, 6.45) is 4.55. The Bertz CT molecular complexity index is 810. The molecule has 2 heterocycles. The molecule has 0 aliphatic carbocycles.